The van der Waals surface area contributed by atoms with Gasteiger partial charge in [0.2, 0.25) is 11.8 Å². The summed E-state index contributed by atoms with van der Waals surface area (Å²) >= 11 is 5.11. The summed E-state index contributed by atoms with van der Waals surface area (Å²) in [5.41, 5.74) is -0.723. The van der Waals surface area contributed by atoms with Gasteiger partial charge in [0, 0.05) is 11.4 Å². The minimum absolute atomic E-state index is 0.0503. The minimum atomic E-state index is -0.723. The van der Waals surface area contributed by atoms with Crippen molar-refractivity contribution in [2.75, 3.05) is 6.54 Å². The lowest BCUT2D eigenvalue weighted by Crippen LogP contribution is -2.69. The van der Waals surface area contributed by atoms with Crippen LogP contribution in [-0.2, 0) is 16.0 Å². The Morgan fingerprint density at radius 2 is 2.00 bits per heavy atom. The standard InChI is InChI=1S/C15H21BrN2O2S/c1-4-15(5-2)14(20)18(10(3)13(19)17-15)9-8-11-6-7-12(16)21-11/h6-7,10H,4-5,8-9H2,1-3H3,(H,17,19). The van der Waals surface area contributed by atoms with E-state index in [2.05, 4.69) is 27.3 Å². The number of piperazine rings is 1. The van der Waals surface area contributed by atoms with Crippen LogP contribution in [0.4, 0.5) is 0 Å². The molecule has 21 heavy (non-hydrogen) atoms. The lowest BCUT2D eigenvalue weighted by molar-refractivity contribution is -0.154. The molecule has 6 heteroatoms. The van der Waals surface area contributed by atoms with Crippen LogP contribution in [0.1, 0.15) is 38.5 Å². The molecule has 2 rings (SSSR count). The predicted octanol–water partition coefficient (Wildman–Crippen LogP) is 2.96. The first kappa shape index (κ1) is 16.5. The van der Waals surface area contributed by atoms with Crippen LogP contribution in [0.25, 0.3) is 0 Å². The molecule has 1 aliphatic rings. The van der Waals surface area contributed by atoms with Gasteiger partial charge in [-0.3, -0.25) is 9.59 Å². The van der Waals surface area contributed by atoms with Crippen LogP contribution in [0.15, 0.2) is 15.9 Å². The van der Waals surface area contributed by atoms with Gasteiger partial charge in [-0.25, -0.2) is 0 Å². The maximum Gasteiger partial charge on any atom is 0.248 e. The first-order valence-electron chi connectivity index (χ1n) is 7.31. The first-order chi connectivity index (χ1) is 9.93. The summed E-state index contributed by atoms with van der Waals surface area (Å²) in [6.07, 6.45) is 2.03. The molecule has 1 fully saturated rings. The van der Waals surface area contributed by atoms with E-state index in [-0.39, 0.29) is 11.8 Å². The Bertz CT molecular complexity index is 540. The molecule has 2 heterocycles. The van der Waals surface area contributed by atoms with Gasteiger partial charge in [0.1, 0.15) is 11.6 Å². The van der Waals surface area contributed by atoms with Crippen LogP contribution in [0.5, 0.6) is 0 Å². The van der Waals surface area contributed by atoms with Gasteiger partial charge >= 0.3 is 0 Å². The molecule has 1 unspecified atom stereocenters. The van der Waals surface area contributed by atoms with E-state index < -0.39 is 11.6 Å². The normalized spacial score (nSPS) is 21.5. The van der Waals surface area contributed by atoms with Crippen molar-refractivity contribution >= 4 is 39.1 Å². The number of amides is 2. The largest absolute Gasteiger partial charge is 0.340 e. The van der Waals surface area contributed by atoms with E-state index in [1.165, 1.54) is 4.88 Å². The van der Waals surface area contributed by atoms with E-state index in [0.29, 0.717) is 19.4 Å². The van der Waals surface area contributed by atoms with Crippen LogP contribution >= 0.6 is 27.3 Å². The second kappa shape index (κ2) is 6.48. The number of carbonyl (C=O) groups excluding carboxylic acids is 2. The molecule has 2 amide bonds. The summed E-state index contributed by atoms with van der Waals surface area (Å²) in [5.74, 6) is 0.000817. The smallest absolute Gasteiger partial charge is 0.248 e. The van der Waals surface area contributed by atoms with Crippen molar-refractivity contribution in [3.05, 3.63) is 20.8 Å². The number of rotatable bonds is 5. The second-order valence-electron chi connectivity index (χ2n) is 5.41. The van der Waals surface area contributed by atoms with Crippen molar-refractivity contribution < 1.29 is 9.59 Å². The van der Waals surface area contributed by atoms with Crippen LogP contribution in [0.3, 0.4) is 0 Å². The summed E-state index contributed by atoms with van der Waals surface area (Å²) in [7, 11) is 0. The summed E-state index contributed by atoms with van der Waals surface area (Å²) in [4.78, 5) is 27.9. The van der Waals surface area contributed by atoms with Crippen molar-refractivity contribution in [1.82, 2.24) is 10.2 Å². The van der Waals surface area contributed by atoms with Crippen LogP contribution < -0.4 is 5.32 Å². The second-order valence-corrected chi connectivity index (χ2v) is 7.96. The fourth-order valence-electron chi connectivity index (χ4n) is 2.73. The lowest BCUT2D eigenvalue weighted by atomic mass is 9.87. The number of nitrogens with one attached hydrogen (secondary N) is 1. The molecule has 0 saturated carbocycles. The first-order valence-corrected chi connectivity index (χ1v) is 8.91. The van der Waals surface area contributed by atoms with E-state index in [9.17, 15) is 9.59 Å². The third kappa shape index (κ3) is 3.16. The van der Waals surface area contributed by atoms with Gasteiger partial charge in [0.05, 0.1) is 3.79 Å². The summed E-state index contributed by atoms with van der Waals surface area (Å²) < 4.78 is 1.09. The number of nitrogens with zero attached hydrogens (tertiary/aromatic N) is 1. The summed E-state index contributed by atoms with van der Waals surface area (Å²) in [6, 6.07) is 3.67. The highest BCUT2D eigenvalue weighted by molar-refractivity contribution is 9.11. The zero-order chi connectivity index (χ0) is 15.6. The van der Waals surface area contributed by atoms with Crippen molar-refractivity contribution in [2.45, 2.75) is 51.6 Å². The summed E-state index contributed by atoms with van der Waals surface area (Å²) in [5, 5.41) is 2.93. The number of hydrogen-bond acceptors (Lipinski definition) is 3. The minimum Gasteiger partial charge on any atom is -0.340 e. The van der Waals surface area contributed by atoms with Crippen LogP contribution in [0.2, 0.25) is 0 Å². The molecule has 0 radical (unpaired) electrons. The average Bonchev–Trinajstić information content (AvgIpc) is 2.89. The number of thiophene rings is 1. The third-order valence-electron chi connectivity index (χ3n) is 4.31. The topological polar surface area (TPSA) is 49.4 Å². The molecule has 0 bridgehead atoms. The molecule has 1 N–H and O–H groups in total. The molecule has 1 atom stereocenters. The molecule has 4 nitrogen and oxygen atoms in total. The Morgan fingerprint density at radius 1 is 1.33 bits per heavy atom. The Balaban J connectivity index is 2.15. The van der Waals surface area contributed by atoms with Gasteiger partial charge in [-0.15, -0.1) is 11.3 Å². The number of halogens is 1. The van der Waals surface area contributed by atoms with E-state index >= 15 is 0 Å². The van der Waals surface area contributed by atoms with Gasteiger partial charge in [-0.05, 0) is 54.2 Å². The Kier molecular flexibility index (Phi) is 5.09. The van der Waals surface area contributed by atoms with Crippen LogP contribution in [-0.4, -0.2) is 34.8 Å². The molecule has 1 aromatic rings. The molecule has 1 aliphatic heterocycles. The molecular formula is C15H21BrN2O2S. The van der Waals surface area contributed by atoms with Gasteiger partial charge in [0.25, 0.3) is 0 Å². The van der Waals surface area contributed by atoms with Crippen molar-refractivity contribution in [1.29, 1.82) is 0 Å². The Labute approximate surface area is 138 Å². The highest BCUT2D eigenvalue weighted by atomic mass is 79.9. The van der Waals surface area contributed by atoms with Gasteiger partial charge < -0.3 is 10.2 Å². The highest BCUT2D eigenvalue weighted by Gasteiger charge is 2.47. The zero-order valence-corrected chi connectivity index (χ0v) is 15.0. The third-order valence-corrected chi connectivity index (χ3v) is 6.00. The Hall–Kier alpha value is -0.880. The van der Waals surface area contributed by atoms with E-state index in [0.717, 1.165) is 10.2 Å². The van der Waals surface area contributed by atoms with Crippen LogP contribution in [0, 0.1) is 0 Å². The summed E-state index contributed by atoms with van der Waals surface area (Å²) in [6.45, 7) is 6.29. The lowest BCUT2D eigenvalue weighted by Gasteiger charge is -2.44. The highest BCUT2D eigenvalue weighted by Crippen LogP contribution is 2.27. The maximum absolute atomic E-state index is 12.8. The Morgan fingerprint density at radius 3 is 2.52 bits per heavy atom. The fourth-order valence-corrected chi connectivity index (χ4v) is 4.20. The van der Waals surface area contributed by atoms with Gasteiger partial charge in [-0.2, -0.15) is 0 Å². The average molecular weight is 373 g/mol. The number of hydrogen-bond donors (Lipinski definition) is 1. The number of carbonyl (C=O) groups is 2. The van der Waals surface area contributed by atoms with Crippen molar-refractivity contribution in [2.24, 2.45) is 0 Å². The van der Waals surface area contributed by atoms with Crippen molar-refractivity contribution in [3.63, 3.8) is 0 Å². The van der Waals surface area contributed by atoms with Gasteiger partial charge in [0.15, 0.2) is 0 Å². The van der Waals surface area contributed by atoms with E-state index in [1.807, 2.05) is 19.9 Å². The van der Waals surface area contributed by atoms with Crippen molar-refractivity contribution in [3.8, 4) is 0 Å². The molecular weight excluding hydrogens is 352 g/mol. The zero-order valence-electron chi connectivity index (χ0n) is 12.6. The maximum atomic E-state index is 12.8. The van der Waals surface area contributed by atoms with E-state index in [1.54, 1.807) is 23.2 Å². The van der Waals surface area contributed by atoms with E-state index in [4.69, 9.17) is 0 Å². The molecule has 0 aromatic carbocycles. The molecule has 116 valence electrons. The quantitative estimate of drug-likeness (QED) is 0.863. The monoisotopic (exact) mass is 372 g/mol. The SMILES string of the molecule is CCC1(CC)NC(=O)C(C)N(CCc2ccc(Br)s2)C1=O. The van der Waals surface area contributed by atoms with Gasteiger partial charge in [-0.1, -0.05) is 13.8 Å². The molecule has 1 aromatic heterocycles. The predicted molar refractivity (Wildman–Crippen MR) is 88.4 cm³/mol. The fraction of sp³-hybridized carbons (Fsp3) is 0.600. The molecule has 1 saturated heterocycles. The molecule has 0 spiro atoms. The molecule has 0 aliphatic carbocycles.